The molecular formula is C18H19N3O3. The van der Waals surface area contributed by atoms with Gasteiger partial charge in [0.25, 0.3) is 5.91 Å². The summed E-state index contributed by atoms with van der Waals surface area (Å²) in [7, 11) is 1.57. The van der Waals surface area contributed by atoms with Crippen LogP contribution in [0, 0.1) is 6.92 Å². The van der Waals surface area contributed by atoms with Gasteiger partial charge in [0.1, 0.15) is 5.69 Å². The van der Waals surface area contributed by atoms with Crippen molar-refractivity contribution in [3.8, 4) is 5.75 Å². The van der Waals surface area contributed by atoms with E-state index in [9.17, 15) is 9.90 Å². The van der Waals surface area contributed by atoms with Gasteiger partial charge >= 0.3 is 0 Å². The van der Waals surface area contributed by atoms with Crippen LogP contribution in [0.5, 0.6) is 5.75 Å². The summed E-state index contributed by atoms with van der Waals surface area (Å²) < 4.78 is 6.99. The number of benzene rings is 1. The molecule has 0 radical (unpaired) electrons. The number of hydrogen-bond donors (Lipinski definition) is 2. The van der Waals surface area contributed by atoms with E-state index in [1.807, 2.05) is 30.3 Å². The van der Waals surface area contributed by atoms with E-state index in [2.05, 4.69) is 10.3 Å². The Balaban J connectivity index is 1.95. The first-order valence-corrected chi connectivity index (χ1v) is 7.64. The summed E-state index contributed by atoms with van der Waals surface area (Å²) in [5.41, 5.74) is 2.46. The Labute approximate surface area is 139 Å². The standard InChI is InChI=1S/C18H19N3O3/c1-12-16(21-10-6-9-15(24-2)17(21)19-12)18(23)20-14(11-22)13-7-4-3-5-8-13/h3-10,14,22H,11H2,1-2H3,(H,20,23)/t14-/m0/s1. The molecule has 3 aromatic rings. The number of nitrogens with one attached hydrogen (secondary N) is 1. The van der Waals surface area contributed by atoms with Crippen LogP contribution in [0.1, 0.15) is 27.8 Å². The van der Waals surface area contributed by atoms with Crippen molar-refractivity contribution in [2.45, 2.75) is 13.0 Å². The molecule has 3 rings (SSSR count). The van der Waals surface area contributed by atoms with Gasteiger partial charge in [0.2, 0.25) is 0 Å². The van der Waals surface area contributed by atoms with Crippen LogP contribution in [0.3, 0.4) is 0 Å². The van der Waals surface area contributed by atoms with Gasteiger partial charge in [-0.2, -0.15) is 0 Å². The van der Waals surface area contributed by atoms with Gasteiger partial charge in [-0.1, -0.05) is 30.3 Å². The lowest BCUT2D eigenvalue weighted by molar-refractivity contribution is 0.0909. The number of aromatic nitrogens is 2. The average Bonchev–Trinajstić information content (AvgIpc) is 2.96. The largest absolute Gasteiger partial charge is 0.493 e. The second-order valence-electron chi connectivity index (χ2n) is 5.44. The Morgan fingerprint density at radius 1 is 1.29 bits per heavy atom. The van der Waals surface area contributed by atoms with E-state index in [4.69, 9.17) is 4.74 Å². The molecule has 0 saturated heterocycles. The topological polar surface area (TPSA) is 75.9 Å². The molecule has 0 spiro atoms. The zero-order valence-corrected chi connectivity index (χ0v) is 13.6. The first kappa shape index (κ1) is 16.0. The number of aryl methyl sites for hydroxylation is 1. The third-order valence-corrected chi connectivity index (χ3v) is 3.91. The maximum atomic E-state index is 12.8. The van der Waals surface area contributed by atoms with Gasteiger partial charge in [-0.25, -0.2) is 4.98 Å². The second-order valence-corrected chi connectivity index (χ2v) is 5.44. The minimum atomic E-state index is -0.478. The monoisotopic (exact) mass is 325 g/mol. The molecule has 6 nitrogen and oxygen atoms in total. The molecule has 1 aromatic carbocycles. The Morgan fingerprint density at radius 2 is 2.04 bits per heavy atom. The number of carbonyl (C=O) groups excluding carboxylic acids is 1. The summed E-state index contributed by atoms with van der Waals surface area (Å²) >= 11 is 0. The van der Waals surface area contributed by atoms with E-state index in [0.29, 0.717) is 22.8 Å². The molecule has 24 heavy (non-hydrogen) atoms. The molecule has 1 amide bonds. The van der Waals surface area contributed by atoms with Crippen LogP contribution in [0.2, 0.25) is 0 Å². The zero-order valence-electron chi connectivity index (χ0n) is 13.6. The maximum Gasteiger partial charge on any atom is 0.270 e. The van der Waals surface area contributed by atoms with Crippen molar-refractivity contribution in [1.82, 2.24) is 14.7 Å². The number of hydrogen-bond acceptors (Lipinski definition) is 4. The number of aliphatic hydroxyl groups is 1. The molecule has 2 N–H and O–H groups in total. The molecular weight excluding hydrogens is 306 g/mol. The van der Waals surface area contributed by atoms with Crippen molar-refractivity contribution in [1.29, 1.82) is 0 Å². The summed E-state index contributed by atoms with van der Waals surface area (Å²) in [5.74, 6) is 0.303. The second kappa shape index (κ2) is 6.72. The average molecular weight is 325 g/mol. The number of imidazole rings is 1. The summed E-state index contributed by atoms with van der Waals surface area (Å²) in [6, 6.07) is 12.5. The lowest BCUT2D eigenvalue weighted by Gasteiger charge is -2.17. The molecule has 1 atom stereocenters. The minimum absolute atomic E-state index is 0.186. The van der Waals surface area contributed by atoms with Crippen molar-refractivity contribution in [2.75, 3.05) is 13.7 Å². The fourth-order valence-electron chi connectivity index (χ4n) is 2.74. The smallest absolute Gasteiger partial charge is 0.270 e. The van der Waals surface area contributed by atoms with Crippen molar-refractivity contribution < 1.29 is 14.6 Å². The third-order valence-electron chi connectivity index (χ3n) is 3.91. The number of aliphatic hydroxyl groups excluding tert-OH is 1. The van der Waals surface area contributed by atoms with Crippen LogP contribution in [-0.4, -0.2) is 34.1 Å². The van der Waals surface area contributed by atoms with Crippen molar-refractivity contribution >= 4 is 11.6 Å². The van der Waals surface area contributed by atoms with Gasteiger partial charge in [-0.15, -0.1) is 0 Å². The molecule has 2 aromatic heterocycles. The Hall–Kier alpha value is -2.86. The van der Waals surface area contributed by atoms with Crippen molar-refractivity contribution in [2.24, 2.45) is 0 Å². The Morgan fingerprint density at radius 3 is 2.71 bits per heavy atom. The number of nitrogens with zero attached hydrogens (tertiary/aromatic N) is 2. The highest BCUT2D eigenvalue weighted by Gasteiger charge is 2.21. The lowest BCUT2D eigenvalue weighted by atomic mass is 10.1. The van der Waals surface area contributed by atoms with Crippen molar-refractivity contribution in [3.05, 3.63) is 65.6 Å². The number of pyridine rings is 1. The number of ether oxygens (including phenoxy) is 1. The maximum absolute atomic E-state index is 12.8. The molecule has 0 aliphatic rings. The quantitative estimate of drug-likeness (QED) is 0.753. The van der Waals surface area contributed by atoms with E-state index in [1.54, 1.807) is 36.8 Å². The number of amides is 1. The predicted octanol–water partition coefficient (Wildman–Crippen LogP) is 2.11. The molecule has 0 unspecified atom stereocenters. The van der Waals surface area contributed by atoms with Crippen LogP contribution in [0.15, 0.2) is 48.7 Å². The summed E-state index contributed by atoms with van der Waals surface area (Å²) in [4.78, 5) is 17.2. The van der Waals surface area contributed by atoms with Gasteiger partial charge in [0.05, 0.1) is 25.5 Å². The van der Waals surface area contributed by atoms with Gasteiger partial charge < -0.3 is 15.2 Å². The highest BCUT2D eigenvalue weighted by molar-refractivity contribution is 5.95. The summed E-state index contributed by atoms with van der Waals surface area (Å²) in [5, 5.41) is 12.5. The zero-order chi connectivity index (χ0) is 17.1. The van der Waals surface area contributed by atoms with Crippen LogP contribution in [0.4, 0.5) is 0 Å². The fourth-order valence-corrected chi connectivity index (χ4v) is 2.74. The molecule has 0 saturated carbocycles. The van der Waals surface area contributed by atoms with Gasteiger partial charge in [0, 0.05) is 6.20 Å². The summed E-state index contributed by atoms with van der Waals surface area (Å²) in [6.07, 6.45) is 1.77. The van der Waals surface area contributed by atoms with Crippen LogP contribution < -0.4 is 10.1 Å². The van der Waals surface area contributed by atoms with Crippen LogP contribution in [0.25, 0.3) is 5.65 Å². The molecule has 2 heterocycles. The van der Waals surface area contributed by atoms with Crippen LogP contribution in [-0.2, 0) is 0 Å². The van der Waals surface area contributed by atoms with Crippen molar-refractivity contribution in [3.63, 3.8) is 0 Å². The Kier molecular flexibility index (Phi) is 4.48. The highest BCUT2D eigenvalue weighted by Crippen LogP contribution is 2.22. The number of methoxy groups -OCH3 is 1. The van der Waals surface area contributed by atoms with E-state index >= 15 is 0 Å². The van der Waals surface area contributed by atoms with E-state index in [1.165, 1.54) is 0 Å². The summed E-state index contributed by atoms with van der Waals surface area (Å²) in [6.45, 7) is 1.59. The molecule has 124 valence electrons. The first-order chi connectivity index (χ1) is 11.7. The lowest BCUT2D eigenvalue weighted by Crippen LogP contribution is -2.32. The van der Waals surface area contributed by atoms with Gasteiger partial charge in [-0.05, 0) is 24.6 Å². The molecule has 6 heteroatoms. The Bertz CT molecular complexity index is 859. The highest BCUT2D eigenvalue weighted by atomic mass is 16.5. The van der Waals surface area contributed by atoms with E-state index in [-0.39, 0.29) is 12.5 Å². The van der Waals surface area contributed by atoms with E-state index in [0.717, 1.165) is 5.56 Å². The molecule has 0 aliphatic heterocycles. The predicted molar refractivity (Wildman–Crippen MR) is 90.2 cm³/mol. The molecule has 0 bridgehead atoms. The van der Waals surface area contributed by atoms with Crippen LogP contribution >= 0.6 is 0 Å². The van der Waals surface area contributed by atoms with Gasteiger partial charge in [-0.3, -0.25) is 9.20 Å². The fraction of sp³-hybridized carbons (Fsp3) is 0.222. The number of fused-ring (bicyclic) bond motifs is 1. The SMILES string of the molecule is COc1cccn2c(C(=O)N[C@@H](CO)c3ccccc3)c(C)nc12. The molecule has 0 fully saturated rings. The first-order valence-electron chi connectivity index (χ1n) is 7.64. The third kappa shape index (κ3) is 2.83. The van der Waals surface area contributed by atoms with E-state index < -0.39 is 6.04 Å². The normalized spacial score (nSPS) is 12.1. The minimum Gasteiger partial charge on any atom is -0.493 e. The van der Waals surface area contributed by atoms with Gasteiger partial charge in [0.15, 0.2) is 11.4 Å². The number of carbonyl (C=O) groups is 1. The number of rotatable bonds is 5. The molecule has 0 aliphatic carbocycles.